The smallest absolute Gasteiger partial charge is 0.347 e. The van der Waals surface area contributed by atoms with E-state index in [1.165, 1.54) is 4.90 Å². The monoisotopic (exact) mass is 362 g/mol. The van der Waals surface area contributed by atoms with E-state index in [9.17, 15) is 22.8 Å². The molecular weight excluding hydrogens is 345 g/mol. The maximum atomic E-state index is 12.2. The molecule has 0 radical (unpaired) electrons. The van der Waals surface area contributed by atoms with E-state index < -0.39 is 24.5 Å². The standard InChI is InChI=1S/C16H18ClF3N2O2/c17-13-4-1-11(2-5-13)7-8-22-9-12(3-6-14(22)23)15(24)21-10-16(18,19)20/h1-2,4-5,12H,3,6-10H2,(H,21,24). The maximum Gasteiger partial charge on any atom is 0.405 e. The Hall–Kier alpha value is -1.76. The summed E-state index contributed by atoms with van der Waals surface area (Å²) in [4.78, 5) is 25.3. The summed E-state index contributed by atoms with van der Waals surface area (Å²) in [5, 5.41) is 2.51. The van der Waals surface area contributed by atoms with Crippen LogP contribution in [0.5, 0.6) is 0 Å². The molecule has 1 aliphatic rings. The predicted molar refractivity (Wildman–Crippen MR) is 83.5 cm³/mol. The quantitative estimate of drug-likeness (QED) is 0.875. The number of rotatable bonds is 5. The minimum Gasteiger partial charge on any atom is -0.347 e. The molecule has 1 saturated heterocycles. The van der Waals surface area contributed by atoms with Crippen molar-refractivity contribution in [2.45, 2.75) is 25.4 Å². The molecule has 2 rings (SSSR count). The van der Waals surface area contributed by atoms with Gasteiger partial charge in [-0.05, 0) is 30.5 Å². The molecule has 1 N–H and O–H groups in total. The zero-order chi connectivity index (χ0) is 17.7. The van der Waals surface area contributed by atoms with Gasteiger partial charge in [0, 0.05) is 24.5 Å². The highest BCUT2D eigenvalue weighted by atomic mass is 35.5. The van der Waals surface area contributed by atoms with Crippen molar-refractivity contribution in [3.05, 3.63) is 34.9 Å². The van der Waals surface area contributed by atoms with Gasteiger partial charge in [-0.2, -0.15) is 13.2 Å². The summed E-state index contributed by atoms with van der Waals surface area (Å²) >= 11 is 5.81. The molecule has 24 heavy (non-hydrogen) atoms. The first-order chi connectivity index (χ1) is 11.2. The van der Waals surface area contributed by atoms with E-state index in [-0.39, 0.29) is 25.3 Å². The van der Waals surface area contributed by atoms with Crippen molar-refractivity contribution in [3.8, 4) is 0 Å². The second-order valence-corrected chi connectivity index (χ2v) is 6.22. The van der Waals surface area contributed by atoms with Gasteiger partial charge in [-0.25, -0.2) is 0 Å². The minimum atomic E-state index is -4.44. The van der Waals surface area contributed by atoms with Crippen molar-refractivity contribution in [2.24, 2.45) is 5.92 Å². The van der Waals surface area contributed by atoms with Crippen molar-refractivity contribution >= 4 is 23.4 Å². The van der Waals surface area contributed by atoms with Crippen molar-refractivity contribution in [2.75, 3.05) is 19.6 Å². The highest BCUT2D eigenvalue weighted by molar-refractivity contribution is 6.30. The van der Waals surface area contributed by atoms with E-state index in [0.29, 0.717) is 18.0 Å². The molecule has 2 amide bonds. The summed E-state index contributed by atoms with van der Waals surface area (Å²) in [6.07, 6.45) is -3.39. The largest absolute Gasteiger partial charge is 0.405 e. The number of hydrogen-bond acceptors (Lipinski definition) is 2. The normalized spacial score (nSPS) is 18.6. The van der Waals surface area contributed by atoms with Crippen LogP contribution in [0, 0.1) is 5.92 Å². The van der Waals surface area contributed by atoms with Gasteiger partial charge in [0.15, 0.2) is 0 Å². The van der Waals surface area contributed by atoms with Crippen LogP contribution in [-0.4, -0.2) is 42.5 Å². The summed E-state index contributed by atoms with van der Waals surface area (Å²) < 4.78 is 36.5. The number of hydrogen-bond donors (Lipinski definition) is 1. The van der Waals surface area contributed by atoms with Gasteiger partial charge in [-0.3, -0.25) is 9.59 Å². The number of carbonyl (C=O) groups excluding carboxylic acids is 2. The SMILES string of the molecule is O=C(NCC(F)(F)F)C1CCC(=O)N(CCc2ccc(Cl)cc2)C1. The topological polar surface area (TPSA) is 49.4 Å². The third-order valence-electron chi connectivity index (χ3n) is 3.92. The van der Waals surface area contributed by atoms with Crippen molar-refractivity contribution in [1.82, 2.24) is 10.2 Å². The number of likely N-dealkylation sites (tertiary alicyclic amines) is 1. The molecule has 1 fully saturated rings. The number of piperidine rings is 1. The van der Waals surface area contributed by atoms with Crippen LogP contribution in [0.3, 0.4) is 0 Å². The van der Waals surface area contributed by atoms with E-state index >= 15 is 0 Å². The van der Waals surface area contributed by atoms with Crippen LogP contribution in [0.4, 0.5) is 13.2 Å². The molecule has 1 aromatic rings. The first-order valence-electron chi connectivity index (χ1n) is 7.61. The second-order valence-electron chi connectivity index (χ2n) is 5.78. The lowest BCUT2D eigenvalue weighted by Gasteiger charge is -2.32. The van der Waals surface area contributed by atoms with Crippen LogP contribution in [0.1, 0.15) is 18.4 Å². The van der Waals surface area contributed by atoms with Crippen LogP contribution in [-0.2, 0) is 16.0 Å². The van der Waals surface area contributed by atoms with Gasteiger partial charge in [0.05, 0.1) is 5.92 Å². The average molecular weight is 363 g/mol. The minimum absolute atomic E-state index is 0.0798. The summed E-state index contributed by atoms with van der Waals surface area (Å²) in [5.41, 5.74) is 0.996. The molecule has 0 spiro atoms. The Morgan fingerprint density at radius 3 is 2.58 bits per heavy atom. The highest BCUT2D eigenvalue weighted by Gasteiger charge is 2.33. The Labute approximate surface area is 143 Å². The molecule has 4 nitrogen and oxygen atoms in total. The Morgan fingerprint density at radius 1 is 1.29 bits per heavy atom. The van der Waals surface area contributed by atoms with E-state index in [1.54, 1.807) is 12.1 Å². The Bertz CT molecular complexity index is 590. The second kappa shape index (κ2) is 7.88. The number of benzene rings is 1. The molecule has 0 aromatic heterocycles. The molecule has 1 aliphatic heterocycles. The van der Waals surface area contributed by atoms with Gasteiger partial charge in [-0.1, -0.05) is 23.7 Å². The molecule has 8 heteroatoms. The van der Waals surface area contributed by atoms with Gasteiger partial charge in [0.2, 0.25) is 11.8 Å². The predicted octanol–water partition coefficient (Wildman–Crippen LogP) is 2.80. The maximum absolute atomic E-state index is 12.2. The van der Waals surface area contributed by atoms with E-state index in [4.69, 9.17) is 11.6 Å². The summed E-state index contributed by atoms with van der Waals surface area (Å²) in [5.74, 6) is -1.34. The molecule has 1 unspecified atom stereocenters. The van der Waals surface area contributed by atoms with Crippen molar-refractivity contribution in [1.29, 1.82) is 0 Å². The number of alkyl halides is 3. The van der Waals surface area contributed by atoms with Crippen LogP contribution >= 0.6 is 11.6 Å². The zero-order valence-electron chi connectivity index (χ0n) is 12.9. The summed E-state index contributed by atoms with van der Waals surface area (Å²) in [6.45, 7) is -0.777. The Morgan fingerprint density at radius 2 is 1.96 bits per heavy atom. The van der Waals surface area contributed by atoms with Crippen LogP contribution in [0.2, 0.25) is 5.02 Å². The molecule has 0 bridgehead atoms. The molecule has 1 heterocycles. The molecule has 1 atom stereocenters. The van der Waals surface area contributed by atoms with E-state index in [1.807, 2.05) is 17.4 Å². The average Bonchev–Trinajstić information content (AvgIpc) is 2.52. The highest BCUT2D eigenvalue weighted by Crippen LogP contribution is 2.20. The number of nitrogens with one attached hydrogen (secondary N) is 1. The van der Waals surface area contributed by atoms with Crippen molar-refractivity contribution in [3.63, 3.8) is 0 Å². The van der Waals surface area contributed by atoms with Gasteiger partial charge >= 0.3 is 6.18 Å². The van der Waals surface area contributed by atoms with Crippen LogP contribution < -0.4 is 5.32 Å². The zero-order valence-corrected chi connectivity index (χ0v) is 13.7. The van der Waals surface area contributed by atoms with Crippen LogP contribution in [0.25, 0.3) is 0 Å². The molecule has 132 valence electrons. The van der Waals surface area contributed by atoms with E-state index in [2.05, 4.69) is 0 Å². The lowest BCUT2D eigenvalue weighted by molar-refractivity contribution is -0.145. The fraction of sp³-hybridized carbons (Fsp3) is 0.500. The van der Waals surface area contributed by atoms with Crippen LogP contribution in [0.15, 0.2) is 24.3 Å². The number of halogens is 4. The number of carbonyl (C=O) groups is 2. The molecule has 0 aliphatic carbocycles. The third-order valence-corrected chi connectivity index (χ3v) is 4.17. The lowest BCUT2D eigenvalue weighted by Crippen LogP contribution is -2.47. The van der Waals surface area contributed by atoms with Gasteiger partial charge < -0.3 is 10.2 Å². The fourth-order valence-electron chi connectivity index (χ4n) is 2.59. The van der Waals surface area contributed by atoms with Gasteiger partial charge in [-0.15, -0.1) is 0 Å². The number of nitrogens with zero attached hydrogens (tertiary/aromatic N) is 1. The first-order valence-corrected chi connectivity index (χ1v) is 7.99. The Kier molecular flexibility index (Phi) is 6.10. The molecule has 0 saturated carbocycles. The lowest BCUT2D eigenvalue weighted by atomic mass is 9.96. The summed E-state index contributed by atoms with van der Waals surface area (Å²) in [7, 11) is 0. The van der Waals surface area contributed by atoms with Gasteiger partial charge in [0.25, 0.3) is 0 Å². The first kappa shape index (κ1) is 18.6. The number of amides is 2. The molecule has 1 aromatic carbocycles. The fourth-order valence-corrected chi connectivity index (χ4v) is 2.72. The Balaban J connectivity index is 1.87. The summed E-state index contributed by atoms with van der Waals surface area (Å²) in [6, 6.07) is 7.21. The molecular formula is C16H18ClF3N2O2. The van der Waals surface area contributed by atoms with Gasteiger partial charge in [0.1, 0.15) is 6.54 Å². The third kappa shape index (κ3) is 5.70. The van der Waals surface area contributed by atoms with Crippen molar-refractivity contribution < 1.29 is 22.8 Å². The van der Waals surface area contributed by atoms with E-state index in [0.717, 1.165) is 5.56 Å².